The van der Waals surface area contributed by atoms with E-state index >= 15 is 0 Å². The summed E-state index contributed by atoms with van der Waals surface area (Å²) < 4.78 is 5.97. The van der Waals surface area contributed by atoms with Crippen molar-refractivity contribution in [2.45, 2.75) is 341 Å². The highest BCUT2D eigenvalue weighted by Crippen LogP contribution is 2.19. The maximum Gasteiger partial charge on any atom is 0.306 e. The Kier molecular flexibility index (Phi) is 54.4. The Morgan fingerprint density at radius 2 is 0.750 bits per heavy atom. The second kappa shape index (κ2) is 56.0. The molecule has 0 aromatic rings. The van der Waals surface area contributed by atoms with Crippen LogP contribution in [0.2, 0.25) is 0 Å². The molecule has 3 unspecified atom stereocenters. The van der Waals surface area contributed by atoms with Crippen LogP contribution in [0.15, 0.2) is 36.5 Å². The first-order valence-electron chi connectivity index (χ1n) is 30.2. The monoisotopic (exact) mass is 956 g/mol. The van der Waals surface area contributed by atoms with E-state index in [1.54, 1.807) is 0 Å². The highest BCUT2D eigenvalue weighted by molar-refractivity contribution is 5.77. The summed E-state index contributed by atoms with van der Waals surface area (Å²) in [5.41, 5.74) is 0. The summed E-state index contributed by atoms with van der Waals surface area (Å²) in [6.07, 6.45) is 67.8. The Morgan fingerprint density at radius 1 is 0.426 bits per heavy atom. The Labute approximate surface area is 424 Å². The number of hydrogen-bond acceptors (Lipinski definition) is 5. The van der Waals surface area contributed by atoms with Crippen LogP contribution in [0.5, 0.6) is 0 Å². The van der Waals surface area contributed by atoms with Crippen LogP contribution >= 0.6 is 0 Å². The molecule has 6 nitrogen and oxygen atoms in total. The SMILES string of the molecule is CCCCC/C=C\C/C=C\C/C=C\CCCCCCCCC(=O)OC(CCCCCCCCCCCCCCC)CC(=O)NC(CO)C(O)CCCCCCCCCCCCCCCCCCC. The van der Waals surface area contributed by atoms with Crippen molar-refractivity contribution >= 4 is 11.9 Å². The topological polar surface area (TPSA) is 95.9 Å². The van der Waals surface area contributed by atoms with Crippen molar-refractivity contribution in [2.75, 3.05) is 6.61 Å². The standard InChI is InChI=1S/C62H117NO5/c1-4-7-10-13-16-19-22-25-27-29-30-32-34-37-40-43-46-49-52-55-62(67)68-58(53-50-47-44-41-38-35-24-21-18-15-12-9-6-3)56-61(66)63-59(57-64)60(65)54-51-48-45-42-39-36-33-31-28-26-23-20-17-14-11-8-5-2/h16,19,25,27,30,32,58-60,64-65H,4-15,17-18,20-24,26,28-29,31,33-57H2,1-3H3,(H,63,66)/b19-16-,27-25-,32-30-. The van der Waals surface area contributed by atoms with Gasteiger partial charge in [-0.1, -0.05) is 282 Å². The average Bonchev–Trinajstić information content (AvgIpc) is 3.33. The lowest BCUT2D eigenvalue weighted by atomic mass is 10.0. The van der Waals surface area contributed by atoms with Gasteiger partial charge in [-0.3, -0.25) is 9.59 Å². The van der Waals surface area contributed by atoms with E-state index in [0.717, 1.165) is 64.2 Å². The van der Waals surface area contributed by atoms with Gasteiger partial charge in [0.15, 0.2) is 0 Å². The number of rotatable bonds is 55. The summed E-state index contributed by atoms with van der Waals surface area (Å²) in [7, 11) is 0. The van der Waals surface area contributed by atoms with E-state index < -0.39 is 18.2 Å². The van der Waals surface area contributed by atoms with Crippen molar-refractivity contribution < 1.29 is 24.5 Å². The van der Waals surface area contributed by atoms with Crippen LogP contribution in [-0.2, 0) is 14.3 Å². The van der Waals surface area contributed by atoms with Crippen molar-refractivity contribution in [1.82, 2.24) is 5.32 Å². The molecule has 0 aliphatic carbocycles. The second-order valence-corrected chi connectivity index (χ2v) is 20.8. The molecule has 0 fully saturated rings. The fourth-order valence-electron chi connectivity index (χ4n) is 9.38. The van der Waals surface area contributed by atoms with E-state index in [9.17, 15) is 19.8 Å². The maximum atomic E-state index is 13.3. The predicted octanol–water partition coefficient (Wildman–Crippen LogP) is 18.8. The first-order chi connectivity index (χ1) is 33.5. The molecule has 0 aliphatic heterocycles. The maximum absolute atomic E-state index is 13.3. The zero-order valence-electron chi connectivity index (χ0n) is 45.8. The van der Waals surface area contributed by atoms with Gasteiger partial charge in [0.2, 0.25) is 5.91 Å². The number of aliphatic hydroxyl groups excluding tert-OH is 2. The smallest absolute Gasteiger partial charge is 0.306 e. The van der Waals surface area contributed by atoms with Gasteiger partial charge in [-0.2, -0.15) is 0 Å². The highest BCUT2D eigenvalue weighted by atomic mass is 16.5. The van der Waals surface area contributed by atoms with Crippen LogP contribution in [0, 0.1) is 0 Å². The third-order valence-corrected chi connectivity index (χ3v) is 14.0. The van der Waals surface area contributed by atoms with E-state index in [4.69, 9.17) is 4.74 Å². The van der Waals surface area contributed by atoms with E-state index in [-0.39, 0.29) is 24.9 Å². The summed E-state index contributed by atoms with van der Waals surface area (Å²) in [5.74, 6) is -0.470. The van der Waals surface area contributed by atoms with Gasteiger partial charge in [-0.05, 0) is 64.2 Å². The van der Waals surface area contributed by atoms with Crippen molar-refractivity contribution in [3.63, 3.8) is 0 Å². The number of aliphatic hydroxyl groups is 2. The Morgan fingerprint density at radius 3 is 1.16 bits per heavy atom. The first kappa shape index (κ1) is 66.1. The molecule has 3 N–H and O–H groups in total. The average molecular weight is 957 g/mol. The van der Waals surface area contributed by atoms with Gasteiger partial charge in [-0.15, -0.1) is 0 Å². The van der Waals surface area contributed by atoms with Gasteiger partial charge in [-0.25, -0.2) is 0 Å². The third-order valence-electron chi connectivity index (χ3n) is 14.0. The van der Waals surface area contributed by atoms with E-state index in [1.807, 2.05) is 0 Å². The first-order valence-corrected chi connectivity index (χ1v) is 30.2. The summed E-state index contributed by atoms with van der Waals surface area (Å²) in [4.78, 5) is 26.3. The van der Waals surface area contributed by atoms with Crippen molar-refractivity contribution in [1.29, 1.82) is 0 Å². The third kappa shape index (κ3) is 50.5. The molecule has 0 rings (SSSR count). The van der Waals surface area contributed by atoms with E-state index in [0.29, 0.717) is 19.3 Å². The normalized spacial score (nSPS) is 13.3. The number of carbonyl (C=O) groups excluding carboxylic acids is 2. The van der Waals surface area contributed by atoms with Gasteiger partial charge in [0.1, 0.15) is 6.10 Å². The number of allylic oxidation sites excluding steroid dienone is 6. The van der Waals surface area contributed by atoms with Crippen LogP contribution in [0.25, 0.3) is 0 Å². The van der Waals surface area contributed by atoms with Crippen molar-refractivity contribution in [2.24, 2.45) is 0 Å². The van der Waals surface area contributed by atoms with Gasteiger partial charge in [0.25, 0.3) is 0 Å². The lowest BCUT2D eigenvalue weighted by Gasteiger charge is -2.24. The minimum absolute atomic E-state index is 0.0770. The summed E-state index contributed by atoms with van der Waals surface area (Å²) in [5, 5.41) is 23.9. The molecule has 0 aromatic carbocycles. The van der Waals surface area contributed by atoms with Crippen LogP contribution in [0.4, 0.5) is 0 Å². The molecule has 6 heteroatoms. The minimum atomic E-state index is -0.788. The molecule has 3 atom stereocenters. The largest absolute Gasteiger partial charge is 0.462 e. The van der Waals surface area contributed by atoms with E-state index in [2.05, 4.69) is 62.5 Å². The summed E-state index contributed by atoms with van der Waals surface area (Å²) in [6, 6.07) is -0.702. The van der Waals surface area contributed by atoms with Crippen molar-refractivity contribution in [3.8, 4) is 0 Å². The molecule has 0 heterocycles. The lowest BCUT2D eigenvalue weighted by molar-refractivity contribution is -0.151. The van der Waals surface area contributed by atoms with Crippen LogP contribution in [-0.4, -0.2) is 46.9 Å². The van der Waals surface area contributed by atoms with Crippen LogP contribution < -0.4 is 5.32 Å². The Bertz CT molecular complexity index is 1120. The Hall–Kier alpha value is -1.92. The fourth-order valence-corrected chi connectivity index (χ4v) is 9.38. The Balaban J connectivity index is 4.49. The number of esters is 1. The quantitative estimate of drug-likeness (QED) is 0.0321. The molecule has 0 aliphatic rings. The molecule has 0 bridgehead atoms. The number of carbonyl (C=O) groups is 2. The number of ether oxygens (including phenoxy) is 1. The molecule has 400 valence electrons. The molecule has 0 saturated carbocycles. The minimum Gasteiger partial charge on any atom is -0.462 e. The van der Waals surface area contributed by atoms with Gasteiger partial charge >= 0.3 is 5.97 Å². The van der Waals surface area contributed by atoms with Gasteiger partial charge in [0, 0.05) is 6.42 Å². The molecular formula is C62H117NO5. The fraction of sp³-hybridized carbons (Fsp3) is 0.871. The van der Waals surface area contributed by atoms with Crippen LogP contribution in [0.1, 0.15) is 323 Å². The summed E-state index contributed by atoms with van der Waals surface area (Å²) >= 11 is 0. The zero-order valence-corrected chi connectivity index (χ0v) is 45.8. The summed E-state index contributed by atoms with van der Waals surface area (Å²) in [6.45, 7) is 6.50. The van der Waals surface area contributed by atoms with E-state index in [1.165, 1.54) is 212 Å². The van der Waals surface area contributed by atoms with Crippen LogP contribution in [0.3, 0.4) is 0 Å². The predicted molar refractivity (Wildman–Crippen MR) is 296 cm³/mol. The highest BCUT2D eigenvalue weighted by Gasteiger charge is 2.24. The molecule has 0 aromatic heterocycles. The lowest BCUT2D eigenvalue weighted by Crippen LogP contribution is -2.46. The molecular weight excluding hydrogens is 839 g/mol. The number of nitrogens with one attached hydrogen (secondary N) is 1. The molecule has 1 amide bonds. The van der Waals surface area contributed by atoms with Gasteiger partial charge in [0.05, 0.1) is 25.2 Å². The number of unbranched alkanes of at least 4 members (excludes halogenated alkanes) is 37. The number of amides is 1. The van der Waals surface area contributed by atoms with Crippen molar-refractivity contribution in [3.05, 3.63) is 36.5 Å². The zero-order chi connectivity index (χ0) is 49.5. The molecule has 0 radical (unpaired) electrons. The molecule has 0 saturated heterocycles. The van der Waals surface area contributed by atoms with Gasteiger partial charge < -0.3 is 20.3 Å². The molecule has 0 spiro atoms. The number of hydrogen-bond donors (Lipinski definition) is 3. The second-order valence-electron chi connectivity index (χ2n) is 20.8. The molecule has 68 heavy (non-hydrogen) atoms.